The highest BCUT2D eigenvalue weighted by Gasteiger charge is 2.10. The SMILES string of the molecule is Cc1cc(=O)oc2ccc(OCCNc3cccc(B(O)O)c3)cc12. The molecule has 2 aromatic carbocycles. The molecule has 0 aliphatic heterocycles. The zero-order valence-electron chi connectivity index (χ0n) is 13.7. The van der Waals surface area contributed by atoms with Gasteiger partial charge in [0.2, 0.25) is 0 Å². The van der Waals surface area contributed by atoms with Crippen molar-refractivity contribution in [1.29, 1.82) is 0 Å². The predicted octanol–water partition coefficient (Wildman–Crippen LogP) is 1.27. The first-order valence-electron chi connectivity index (χ1n) is 7.90. The zero-order chi connectivity index (χ0) is 17.8. The van der Waals surface area contributed by atoms with Crippen molar-refractivity contribution >= 4 is 29.2 Å². The van der Waals surface area contributed by atoms with Gasteiger partial charge in [-0.2, -0.15) is 0 Å². The van der Waals surface area contributed by atoms with E-state index in [0.29, 0.717) is 29.9 Å². The second kappa shape index (κ2) is 7.42. The Labute approximate surface area is 144 Å². The molecule has 1 aromatic heterocycles. The molecule has 6 nitrogen and oxygen atoms in total. The van der Waals surface area contributed by atoms with E-state index in [1.54, 1.807) is 30.3 Å². The summed E-state index contributed by atoms with van der Waals surface area (Å²) in [5.74, 6) is 0.686. The Bertz CT molecular complexity index is 938. The Kier molecular flexibility index (Phi) is 5.07. The lowest BCUT2D eigenvalue weighted by atomic mass is 9.80. The van der Waals surface area contributed by atoms with Crippen molar-refractivity contribution in [1.82, 2.24) is 0 Å². The standard InChI is InChI=1S/C18H18BNO5/c1-12-9-18(21)25-17-6-5-15(11-16(12)17)24-8-7-20-14-4-2-3-13(10-14)19(22)23/h2-6,9-11,20,22-23H,7-8H2,1H3. The van der Waals surface area contributed by atoms with E-state index < -0.39 is 7.12 Å². The highest BCUT2D eigenvalue weighted by Crippen LogP contribution is 2.22. The summed E-state index contributed by atoms with van der Waals surface area (Å²) in [7, 11) is -1.49. The fourth-order valence-corrected chi connectivity index (χ4v) is 2.56. The molecular formula is C18H18BNO5. The molecule has 3 N–H and O–H groups in total. The van der Waals surface area contributed by atoms with Crippen LogP contribution in [0.1, 0.15) is 5.56 Å². The number of hydrogen-bond acceptors (Lipinski definition) is 6. The Morgan fingerprint density at radius 3 is 2.80 bits per heavy atom. The van der Waals surface area contributed by atoms with Crippen molar-refractivity contribution in [2.75, 3.05) is 18.5 Å². The average molecular weight is 339 g/mol. The molecule has 128 valence electrons. The molecule has 3 aromatic rings. The molecule has 0 bridgehead atoms. The van der Waals surface area contributed by atoms with Crippen molar-refractivity contribution in [2.24, 2.45) is 0 Å². The minimum absolute atomic E-state index is 0.363. The lowest BCUT2D eigenvalue weighted by Gasteiger charge is -2.10. The molecule has 25 heavy (non-hydrogen) atoms. The van der Waals surface area contributed by atoms with Crippen LogP contribution in [0.3, 0.4) is 0 Å². The van der Waals surface area contributed by atoms with Gasteiger partial charge in [-0.3, -0.25) is 0 Å². The highest BCUT2D eigenvalue weighted by molar-refractivity contribution is 6.58. The van der Waals surface area contributed by atoms with Gasteiger partial charge in [0.25, 0.3) is 0 Å². The lowest BCUT2D eigenvalue weighted by Crippen LogP contribution is -2.29. The van der Waals surface area contributed by atoms with Gasteiger partial charge in [-0.15, -0.1) is 0 Å². The molecular weight excluding hydrogens is 321 g/mol. The van der Waals surface area contributed by atoms with Gasteiger partial charge >= 0.3 is 12.7 Å². The molecule has 0 saturated carbocycles. The van der Waals surface area contributed by atoms with E-state index >= 15 is 0 Å². The van der Waals surface area contributed by atoms with Crippen LogP contribution in [-0.4, -0.2) is 30.3 Å². The average Bonchev–Trinajstić information content (AvgIpc) is 2.59. The maximum absolute atomic E-state index is 11.4. The summed E-state index contributed by atoms with van der Waals surface area (Å²) in [6.07, 6.45) is 0. The largest absolute Gasteiger partial charge is 0.492 e. The van der Waals surface area contributed by atoms with Gasteiger partial charge in [-0.25, -0.2) is 4.79 Å². The third-order valence-electron chi connectivity index (χ3n) is 3.81. The molecule has 3 rings (SSSR count). The Morgan fingerprint density at radius 1 is 1.16 bits per heavy atom. The summed E-state index contributed by atoms with van der Waals surface area (Å²) in [6, 6.07) is 13.7. The van der Waals surface area contributed by atoms with Gasteiger partial charge in [0, 0.05) is 23.7 Å². The van der Waals surface area contributed by atoms with Crippen LogP contribution in [0.4, 0.5) is 5.69 Å². The Balaban J connectivity index is 1.60. The van der Waals surface area contributed by atoms with Crippen molar-refractivity contribution in [2.45, 2.75) is 6.92 Å². The van der Waals surface area contributed by atoms with Gasteiger partial charge in [0.1, 0.15) is 17.9 Å². The number of nitrogens with one attached hydrogen (secondary N) is 1. The fraction of sp³-hybridized carbons (Fsp3) is 0.167. The lowest BCUT2D eigenvalue weighted by molar-refractivity contribution is 0.333. The van der Waals surface area contributed by atoms with Crippen molar-refractivity contribution < 1.29 is 19.2 Å². The molecule has 0 atom stereocenters. The van der Waals surface area contributed by atoms with Crippen LogP contribution in [0.2, 0.25) is 0 Å². The van der Waals surface area contributed by atoms with Crippen LogP contribution in [0.5, 0.6) is 5.75 Å². The van der Waals surface area contributed by atoms with E-state index in [2.05, 4.69) is 5.32 Å². The van der Waals surface area contributed by atoms with Crippen molar-refractivity contribution in [3.63, 3.8) is 0 Å². The van der Waals surface area contributed by atoms with Crippen LogP contribution < -0.4 is 21.1 Å². The first-order valence-corrected chi connectivity index (χ1v) is 7.90. The quantitative estimate of drug-likeness (QED) is 0.356. The minimum atomic E-state index is -1.49. The van der Waals surface area contributed by atoms with Crippen molar-refractivity contribution in [3.05, 3.63) is 64.5 Å². The first-order chi connectivity index (χ1) is 12.0. The Hall–Kier alpha value is -2.77. The van der Waals surface area contributed by atoms with Gasteiger partial charge < -0.3 is 24.5 Å². The summed E-state index contributed by atoms with van der Waals surface area (Å²) in [4.78, 5) is 11.4. The van der Waals surface area contributed by atoms with E-state index in [1.165, 1.54) is 6.07 Å². The predicted molar refractivity (Wildman–Crippen MR) is 97.5 cm³/mol. The maximum atomic E-state index is 11.4. The van der Waals surface area contributed by atoms with Gasteiger partial charge in [0.05, 0.1) is 0 Å². The van der Waals surface area contributed by atoms with E-state index in [4.69, 9.17) is 9.15 Å². The van der Waals surface area contributed by atoms with Crippen LogP contribution >= 0.6 is 0 Å². The molecule has 0 aliphatic carbocycles. The molecule has 0 radical (unpaired) electrons. The molecule has 0 saturated heterocycles. The smallest absolute Gasteiger partial charge is 0.488 e. The molecule has 0 amide bonds. The van der Waals surface area contributed by atoms with Gasteiger partial charge in [0.15, 0.2) is 0 Å². The number of benzene rings is 2. The van der Waals surface area contributed by atoms with E-state index in [-0.39, 0.29) is 5.63 Å². The third kappa shape index (κ3) is 4.20. The zero-order valence-corrected chi connectivity index (χ0v) is 13.7. The monoisotopic (exact) mass is 339 g/mol. The number of aryl methyl sites for hydroxylation is 1. The molecule has 7 heteroatoms. The van der Waals surface area contributed by atoms with Crippen LogP contribution in [0.15, 0.2) is 57.7 Å². The van der Waals surface area contributed by atoms with E-state index in [9.17, 15) is 14.8 Å². The number of fused-ring (bicyclic) bond motifs is 1. The van der Waals surface area contributed by atoms with Crippen molar-refractivity contribution in [3.8, 4) is 5.75 Å². The van der Waals surface area contributed by atoms with Gasteiger partial charge in [-0.1, -0.05) is 12.1 Å². The summed E-state index contributed by atoms with van der Waals surface area (Å²) >= 11 is 0. The molecule has 0 spiro atoms. The second-order valence-corrected chi connectivity index (χ2v) is 5.68. The van der Waals surface area contributed by atoms with Crippen LogP contribution in [0.25, 0.3) is 11.0 Å². The number of anilines is 1. The third-order valence-corrected chi connectivity index (χ3v) is 3.81. The summed E-state index contributed by atoms with van der Waals surface area (Å²) in [5.41, 5.74) is 2.23. The minimum Gasteiger partial charge on any atom is -0.492 e. The highest BCUT2D eigenvalue weighted by atomic mass is 16.5. The number of rotatable bonds is 6. The number of hydrogen-bond donors (Lipinski definition) is 3. The molecule has 0 fully saturated rings. The molecule has 0 aliphatic rings. The van der Waals surface area contributed by atoms with Crippen LogP contribution in [-0.2, 0) is 0 Å². The van der Waals surface area contributed by atoms with E-state index in [0.717, 1.165) is 16.6 Å². The topological polar surface area (TPSA) is 91.9 Å². The van der Waals surface area contributed by atoms with Crippen LogP contribution in [0, 0.1) is 6.92 Å². The summed E-state index contributed by atoms with van der Waals surface area (Å²) in [5, 5.41) is 22.3. The normalized spacial score (nSPS) is 10.7. The Morgan fingerprint density at radius 2 is 2.00 bits per heavy atom. The summed E-state index contributed by atoms with van der Waals surface area (Å²) in [6.45, 7) is 2.83. The molecule has 1 heterocycles. The van der Waals surface area contributed by atoms with E-state index in [1.807, 2.05) is 19.1 Å². The maximum Gasteiger partial charge on any atom is 0.488 e. The second-order valence-electron chi connectivity index (χ2n) is 5.68. The first kappa shape index (κ1) is 17.1. The fourth-order valence-electron chi connectivity index (χ4n) is 2.56. The molecule has 0 unspecified atom stereocenters. The number of ether oxygens (including phenoxy) is 1. The van der Waals surface area contributed by atoms with Gasteiger partial charge in [-0.05, 0) is 48.3 Å². The summed E-state index contributed by atoms with van der Waals surface area (Å²) < 4.78 is 10.9.